The van der Waals surface area contributed by atoms with Crippen molar-refractivity contribution in [1.29, 1.82) is 0 Å². The number of likely N-dealkylation sites (tertiary alicyclic amines) is 1. The highest BCUT2D eigenvalue weighted by molar-refractivity contribution is 14.0. The van der Waals surface area contributed by atoms with Crippen molar-refractivity contribution in [2.45, 2.75) is 58.9 Å². The van der Waals surface area contributed by atoms with Gasteiger partial charge >= 0.3 is 0 Å². The first-order chi connectivity index (χ1) is 13.0. The molecule has 2 fully saturated rings. The molecule has 2 heterocycles. The van der Waals surface area contributed by atoms with Crippen molar-refractivity contribution in [3.63, 3.8) is 0 Å². The van der Waals surface area contributed by atoms with E-state index in [-0.39, 0.29) is 29.7 Å². The predicted molar refractivity (Wildman–Crippen MR) is 128 cm³/mol. The second kappa shape index (κ2) is 13.2. The van der Waals surface area contributed by atoms with Gasteiger partial charge in [-0.1, -0.05) is 6.92 Å². The Hall–Kier alpha value is -0.130. The van der Waals surface area contributed by atoms with Crippen LogP contribution in [0.5, 0.6) is 0 Å². The number of halogens is 1. The second-order valence-electron chi connectivity index (χ2n) is 7.65. The summed E-state index contributed by atoms with van der Waals surface area (Å²) < 4.78 is 25.6. The summed E-state index contributed by atoms with van der Waals surface area (Å²) in [5, 5.41) is 6.85. The zero-order valence-corrected chi connectivity index (χ0v) is 21.0. The number of nitrogens with one attached hydrogen (secondary N) is 2. The van der Waals surface area contributed by atoms with E-state index in [0.29, 0.717) is 19.1 Å². The van der Waals surface area contributed by atoms with Gasteiger partial charge in [-0.15, -0.1) is 24.0 Å². The average molecular weight is 530 g/mol. The lowest BCUT2D eigenvalue weighted by Crippen LogP contribution is -2.50. The molecule has 2 aliphatic rings. The van der Waals surface area contributed by atoms with Crippen LogP contribution in [0.1, 0.15) is 52.9 Å². The Kier molecular flexibility index (Phi) is 12.2. The third kappa shape index (κ3) is 8.31. The Morgan fingerprint density at radius 2 is 1.68 bits per heavy atom. The highest BCUT2D eigenvalue weighted by Crippen LogP contribution is 2.20. The summed E-state index contributed by atoms with van der Waals surface area (Å²) in [6, 6.07) is 0.291. The SMILES string of the molecule is CCNC(=NCCC1CCN(CC)CC1)NC1CCN(S(=O)(=O)CC)CC1.I. The maximum atomic E-state index is 12.0. The molecule has 0 saturated carbocycles. The van der Waals surface area contributed by atoms with Crippen molar-refractivity contribution in [3.05, 3.63) is 0 Å². The van der Waals surface area contributed by atoms with Gasteiger partial charge in [0.2, 0.25) is 10.0 Å². The number of sulfonamides is 1. The lowest BCUT2D eigenvalue weighted by Gasteiger charge is -2.32. The highest BCUT2D eigenvalue weighted by atomic mass is 127. The maximum Gasteiger partial charge on any atom is 0.213 e. The van der Waals surface area contributed by atoms with Crippen LogP contribution < -0.4 is 10.6 Å². The van der Waals surface area contributed by atoms with Crippen molar-refractivity contribution in [2.24, 2.45) is 10.9 Å². The molecule has 0 bridgehead atoms. The molecule has 2 rings (SSSR count). The fourth-order valence-electron chi connectivity index (χ4n) is 3.92. The third-order valence-electron chi connectivity index (χ3n) is 5.86. The van der Waals surface area contributed by atoms with Gasteiger partial charge in [-0.25, -0.2) is 12.7 Å². The molecule has 28 heavy (non-hydrogen) atoms. The summed E-state index contributed by atoms with van der Waals surface area (Å²) >= 11 is 0. The molecule has 2 aliphatic heterocycles. The number of aliphatic imine (C=N–C) groups is 1. The number of piperidine rings is 2. The second-order valence-corrected chi connectivity index (χ2v) is 9.90. The molecule has 0 unspecified atom stereocenters. The molecule has 0 aromatic rings. The smallest absolute Gasteiger partial charge is 0.213 e. The first kappa shape index (κ1) is 25.9. The Labute approximate surface area is 189 Å². The van der Waals surface area contributed by atoms with Crippen LogP contribution in [0.3, 0.4) is 0 Å². The van der Waals surface area contributed by atoms with E-state index in [1.807, 2.05) is 0 Å². The number of hydrogen-bond donors (Lipinski definition) is 2. The molecule has 0 aromatic heterocycles. The van der Waals surface area contributed by atoms with E-state index in [4.69, 9.17) is 4.99 Å². The van der Waals surface area contributed by atoms with E-state index >= 15 is 0 Å². The Bertz CT molecular complexity index is 557. The van der Waals surface area contributed by atoms with Crippen LogP contribution in [0.25, 0.3) is 0 Å². The minimum atomic E-state index is -3.06. The minimum Gasteiger partial charge on any atom is -0.357 e. The fraction of sp³-hybridized carbons (Fsp3) is 0.947. The summed E-state index contributed by atoms with van der Waals surface area (Å²) in [4.78, 5) is 7.30. The Morgan fingerprint density at radius 1 is 1.04 bits per heavy atom. The van der Waals surface area contributed by atoms with Gasteiger partial charge in [-0.05, 0) is 71.5 Å². The lowest BCUT2D eigenvalue weighted by atomic mass is 9.94. The van der Waals surface area contributed by atoms with Gasteiger partial charge in [0.1, 0.15) is 0 Å². The molecular weight excluding hydrogens is 489 g/mol. The number of guanidine groups is 1. The molecule has 166 valence electrons. The zero-order valence-electron chi connectivity index (χ0n) is 17.8. The van der Waals surface area contributed by atoms with Crippen LogP contribution in [0, 0.1) is 5.92 Å². The number of nitrogens with zero attached hydrogens (tertiary/aromatic N) is 3. The van der Waals surface area contributed by atoms with Crippen molar-refractivity contribution >= 4 is 40.0 Å². The predicted octanol–water partition coefficient (Wildman–Crippen LogP) is 2.10. The normalized spacial score (nSPS) is 21.3. The fourth-order valence-corrected chi connectivity index (χ4v) is 5.06. The van der Waals surface area contributed by atoms with Gasteiger partial charge in [0.25, 0.3) is 0 Å². The summed E-state index contributed by atoms with van der Waals surface area (Å²) in [5.74, 6) is 1.86. The van der Waals surface area contributed by atoms with Crippen molar-refractivity contribution in [3.8, 4) is 0 Å². The van der Waals surface area contributed by atoms with Gasteiger partial charge in [0.05, 0.1) is 5.75 Å². The van der Waals surface area contributed by atoms with Crippen molar-refractivity contribution < 1.29 is 8.42 Å². The minimum absolute atomic E-state index is 0. The van der Waals surface area contributed by atoms with E-state index in [9.17, 15) is 8.42 Å². The monoisotopic (exact) mass is 529 g/mol. The maximum absolute atomic E-state index is 12.0. The summed E-state index contributed by atoms with van der Waals surface area (Å²) in [5.41, 5.74) is 0. The van der Waals surface area contributed by atoms with Gasteiger partial charge in [0, 0.05) is 32.2 Å². The first-order valence-corrected chi connectivity index (χ1v) is 12.3. The van der Waals surface area contributed by atoms with E-state index in [1.165, 1.54) is 25.9 Å². The van der Waals surface area contributed by atoms with E-state index in [0.717, 1.165) is 50.8 Å². The van der Waals surface area contributed by atoms with E-state index < -0.39 is 10.0 Å². The van der Waals surface area contributed by atoms with Gasteiger partial charge in [-0.2, -0.15) is 0 Å². The van der Waals surface area contributed by atoms with Crippen LogP contribution in [-0.2, 0) is 10.0 Å². The first-order valence-electron chi connectivity index (χ1n) is 10.7. The number of rotatable bonds is 8. The highest BCUT2D eigenvalue weighted by Gasteiger charge is 2.27. The molecule has 0 aromatic carbocycles. The molecule has 0 atom stereocenters. The molecule has 7 nitrogen and oxygen atoms in total. The lowest BCUT2D eigenvalue weighted by molar-refractivity contribution is 0.188. The largest absolute Gasteiger partial charge is 0.357 e. The van der Waals surface area contributed by atoms with Crippen LogP contribution in [0.15, 0.2) is 4.99 Å². The standard InChI is InChI=1S/C19H39N5O2S.HI/c1-4-20-19(21-12-7-17-8-13-23(5-2)14-9-17)22-18-10-15-24(16-11-18)27(25,26)6-3;/h17-18H,4-16H2,1-3H3,(H2,20,21,22);1H. The molecule has 0 amide bonds. The van der Waals surface area contributed by atoms with Gasteiger partial charge < -0.3 is 15.5 Å². The Balaban J connectivity index is 0.00000392. The van der Waals surface area contributed by atoms with Gasteiger partial charge in [-0.3, -0.25) is 4.99 Å². The van der Waals surface area contributed by atoms with Gasteiger partial charge in [0.15, 0.2) is 5.96 Å². The molecule has 0 radical (unpaired) electrons. The molecule has 0 spiro atoms. The molecule has 9 heteroatoms. The van der Waals surface area contributed by atoms with Crippen molar-refractivity contribution in [1.82, 2.24) is 19.8 Å². The quantitative estimate of drug-likeness (QED) is 0.286. The Morgan fingerprint density at radius 3 is 2.21 bits per heavy atom. The molecule has 0 aliphatic carbocycles. The van der Waals surface area contributed by atoms with Crippen LogP contribution in [0.4, 0.5) is 0 Å². The van der Waals surface area contributed by atoms with Crippen LogP contribution >= 0.6 is 24.0 Å². The number of hydrogen-bond acceptors (Lipinski definition) is 4. The molecular formula is C19H40IN5O2S. The zero-order chi connectivity index (χ0) is 19.7. The summed E-state index contributed by atoms with van der Waals surface area (Å²) in [7, 11) is -3.06. The molecule has 2 N–H and O–H groups in total. The van der Waals surface area contributed by atoms with Crippen LogP contribution in [0.2, 0.25) is 0 Å². The van der Waals surface area contributed by atoms with Crippen LogP contribution in [-0.4, -0.2) is 81.2 Å². The average Bonchev–Trinajstić information content (AvgIpc) is 2.69. The summed E-state index contributed by atoms with van der Waals surface area (Å²) in [6.07, 6.45) is 5.40. The van der Waals surface area contributed by atoms with E-state index in [1.54, 1.807) is 11.2 Å². The van der Waals surface area contributed by atoms with Crippen molar-refractivity contribution in [2.75, 3.05) is 51.6 Å². The van der Waals surface area contributed by atoms with E-state index in [2.05, 4.69) is 29.4 Å². The third-order valence-corrected chi connectivity index (χ3v) is 7.74. The topological polar surface area (TPSA) is 77.0 Å². The summed E-state index contributed by atoms with van der Waals surface area (Å²) in [6.45, 7) is 12.5. The molecule has 2 saturated heterocycles.